The summed E-state index contributed by atoms with van der Waals surface area (Å²) in [5.74, 6) is -4.55. The first-order valence-corrected chi connectivity index (χ1v) is 7.76. The maximum Gasteiger partial charge on any atom is 0.200 e. The maximum absolute atomic E-state index is 13.7. The van der Waals surface area contributed by atoms with Gasteiger partial charge in [0.2, 0.25) is 11.6 Å². The van der Waals surface area contributed by atoms with E-state index in [1.807, 2.05) is 0 Å². The topological polar surface area (TPSA) is 18.5 Å². The molecule has 0 heterocycles. The van der Waals surface area contributed by atoms with E-state index in [1.54, 1.807) is 24.3 Å². The highest BCUT2D eigenvalue weighted by Crippen LogP contribution is 2.23. The summed E-state index contributed by atoms with van der Waals surface area (Å²) in [7, 11) is 0. The van der Waals surface area contributed by atoms with Crippen LogP contribution in [0.3, 0.4) is 0 Å². The van der Waals surface area contributed by atoms with Crippen LogP contribution >= 0.6 is 0 Å². The summed E-state index contributed by atoms with van der Waals surface area (Å²) >= 11 is 0. The lowest BCUT2D eigenvalue weighted by molar-refractivity contribution is 0.266. The lowest BCUT2D eigenvalue weighted by Crippen LogP contribution is -2.05. The van der Waals surface area contributed by atoms with E-state index in [-0.39, 0.29) is 24.7 Å². The molecule has 0 atom stereocenters. The Morgan fingerprint density at radius 3 is 1.38 bits per heavy atom. The molecule has 0 amide bonds. The van der Waals surface area contributed by atoms with Crippen molar-refractivity contribution in [1.29, 1.82) is 0 Å². The fraction of sp³-hybridized carbons (Fsp3) is 0.100. The Kier molecular flexibility index (Phi) is 5.41. The van der Waals surface area contributed by atoms with Gasteiger partial charge in [0.25, 0.3) is 0 Å². The van der Waals surface area contributed by atoms with Crippen molar-refractivity contribution in [3.05, 3.63) is 95.1 Å². The monoisotopic (exact) mass is 362 g/mol. The lowest BCUT2D eigenvalue weighted by atomic mass is 10.1. The summed E-state index contributed by atoms with van der Waals surface area (Å²) in [6.07, 6.45) is 0. The van der Waals surface area contributed by atoms with Gasteiger partial charge in [-0.15, -0.1) is 0 Å². The summed E-state index contributed by atoms with van der Waals surface area (Å²) in [6.45, 7) is -0.0723. The van der Waals surface area contributed by atoms with E-state index < -0.39 is 23.3 Å². The summed E-state index contributed by atoms with van der Waals surface area (Å²) in [6, 6.07) is 14.2. The number of ether oxygens (including phenoxy) is 2. The van der Waals surface area contributed by atoms with Gasteiger partial charge in [-0.1, -0.05) is 36.4 Å². The van der Waals surface area contributed by atoms with Crippen LogP contribution in [0.1, 0.15) is 11.1 Å². The third-order valence-electron chi connectivity index (χ3n) is 3.72. The number of halogens is 4. The molecule has 0 aliphatic carbocycles. The van der Waals surface area contributed by atoms with Crippen molar-refractivity contribution < 1.29 is 27.0 Å². The second kappa shape index (κ2) is 7.91. The molecule has 3 rings (SSSR count). The molecule has 0 unspecified atom stereocenters. The third kappa shape index (κ3) is 3.96. The largest absolute Gasteiger partial charge is 0.486 e. The van der Waals surface area contributed by atoms with Gasteiger partial charge < -0.3 is 9.47 Å². The minimum absolute atomic E-state index is 0.0362. The van der Waals surface area contributed by atoms with Crippen LogP contribution in [-0.4, -0.2) is 0 Å². The molecule has 2 nitrogen and oxygen atoms in total. The Labute approximate surface area is 147 Å². The van der Waals surface area contributed by atoms with E-state index in [0.29, 0.717) is 11.1 Å². The van der Waals surface area contributed by atoms with Crippen molar-refractivity contribution in [2.75, 3.05) is 0 Å². The van der Waals surface area contributed by atoms with Crippen molar-refractivity contribution in [2.45, 2.75) is 13.2 Å². The average molecular weight is 362 g/mol. The summed E-state index contributed by atoms with van der Waals surface area (Å²) in [5, 5.41) is 0. The minimum Gasteiger partial charge on any atom is -0.486 e. The Hall–Kier alpha value is -3.02. The quantitative estimate of drug-likeness (QED) is 0.547. The molecule has 6 heteroatoms. The molecule has 3 aromatic carbocycles. The Bertz CT molecular complexity index is 838. The summed E-state index contributed by atoms with van der Waals surface area (Å²) in [5.41, 5.74) is 1.29. The van der Waals surface area contributed by atoms with Gasteiger partial charge in [-0.3, -0.25) is 0 Å². The molecule has 26 heavy (non-hydrogen) atoms. The maximum atomic E-state index is 13.7. The minimum atomic E-state index is -1.07. The molecule has 0 fully saturated rings. The van der Waals surface area contributed by atoms with Gasteiger partial charge in [-0.2, -0.15) is 8.78 Å². The molecule has 0 saturated carbocycles. The fourth-order valence-corrected chi connectivity index (χ4v) is 2.34. The summed E-state index contributed by atoms with van der Waals surface area (Å²) < 4.78 is 64.4. The second-order valence-corrected chi connectivity index (χ2v) is 5.45. The highest BCUT2D eigenvalue weighted by molar-refractivity contribution is 5.30. The van der Waals surface area contributed by atoms with Gasteiger partial charge >= 0.3 is 0 Å². The molecule has 0 N–H and O–H groups in total. The van der Waals surface area contributed by atoms with Gasteiger partial charge in [0, 0.05) is 0 Å². The Morgan fingerprint density at radius 2 is 0.962 bits per heavy atom. The van der Waals surface area contributed by atoms with Crippen LogP contribution in [0.25, 0.3) is 0 Å². The Morgan fingerprint density at radius 1 is 0.538 bits per heavy atom. The highest BCUT2D eigenvalue weighted by atomic mass is 19.2. The van der Waals surface area contributed by atoms with Crippen molar-refractivity contribution in [1.82, 2.24) is 0 Å². The molecular weight excluding hydrogens is 348 g/mol. The number of hydrogen-bond acceptors (Lipinski definition) is 2. The number of rotatable bonds is 6. The average Bonchev–Trinajstić information content (AvgIpc) is 2.65. The predicted molar refractivity (Wildman–Crippen MR) is 87.8 cm³/mol. The fourth-order valence-electron chi connectivity index (χ4n) is 2.34. The van der Waals surface area contributed by atoms with E-state index in [1.165, 1.54) is 24.3 Å². The molecule has 0 bridgehead atoms. The van der Waals surface area contributed by atoms with Gasteiger partial charge in [-0.25, -0.2) is 8.78 Å². The molecule has 134 valence electrons. The van der Waals surface area contributed by atoms with Gasteiger partial charge in [0.05, 0.1) is 0 Å². The van der Waals surface area contributed by atoms with Crippen molar-refractivity contribution in [2.24, 2.45) is 0 Å². The van der Waals surface area contributed by atoms with Crippen molar-refractivity contribution in [3.63, 3.8) is 0 Å². The van der Waals surface area contributed by atoms with E-state index >= 15 is 0 Å². The molecule has 0 saturated heterocycles. The molecule has 0 aliphatic heterocycles. The first-order valence-electron chi connectivity index (χ1n) is 7.76. The predicted octanol–water partition coefficient (Wildman–Crippen LogP) is 5.40. The molecule has 0 spiro atoms. The van der Waals surface area contributed by atoms with Gasteiger partial charge in [0.1, 0.15) is 13.2 Å². The van der Waals surface area contributed by atoms with Crippen molar-refractivity contribution >= 4 is 0 Å². The van der Waals surface area contributed by atoms with E-state index in [9.17, 15) is 17.6 Å². The van der Waals surface area contributed by atoms with Crippen LogP contribution < -0.4 is 9.47 Å². The smallest absolute Gasteiger partial charge is 0.200 e. The van der Waals surface area contributed by atoms with E-state index in [4.69, 9.17) is 9.47 Å². The second-order valence-electron chi connectivity index (χ2n) is 5.45. The van der Waals surface area contributed by atoms with E-state index in [0.717, 1.165) is 12.1 Å². The lowest BCUT2D eigenvalue weighted by Gasteiger charge is -2.13. The van der Waals surface area contributed by atoms with Crippen LogP contribution in [-0.2, 0) is 13.2 Å². The number of benzene rings is 3. The van der Waals surface area contributed by atoms with Crippen LogP contribution in [0.4, 0.5) is 17.6 Å². The van der Waals surface area contributed by atoms with Crippen LogP contribution in [0.5, 0.6) is 11.5 Å². The van der Waals surface area contributed by atoms with Gasteiger partial charge in [0.15, 0.2) is 23.1 Å². The van der Waals surface area contributed by atoms with Gasteiger partial charge in [-0.05, 0) is 35.4 Å². The standard InChI is InChI=1S/C20H14F4O2/c21-15-7-3-9-17(19(15)23)25-11-13-5-1-2-6-14(13)12-26-18-10-4-8-16(22)20(18)24/h1-10H,11-12H2. The zero-order valence-corrected chi connectivity index (χ0v) is 13.5. The van der Waals surface area contributed by atoms with Crippen LogP contribution in [0, 0.1) is 23.3 Å². The molecule has 3 aromatic rings. The number of hydrogen-bond donors (Lipinski definition) is 0. The van der Waals surface area contributed by atoms with Crippen molar-refractivity contribution in [3.8, 4) is 11.5 Å². The third-order valence-corrected chi connectivity index (χ3v) is 3.72. The zero-order chi connectivity index (χ0) is 18.5. The SMILES string of the molecule is Fc1cccc(OCc2ccccc2COc2cccc(F)c2F)c1F. The normalized spacial score (nSPS) is 10.6. The Balaban J connectivity index is 1.72. The molecule has 0 aromatic heterocycles. The van der Waals surface area contributed by atoms with Crippen LogP contribution in [0.15, 0.2) is 60.7 Å². The highest BCUT2D eigenvalue weighted by Gasteiger charge is 2.12. The first kappa shape index (κ1) is 17.8. The summed E-state index contributed by atoms with van der Waals surface area (Å²) in [4.78, 5) is 0. The molecule has 0 aliphatic rings. The van der Waals surface area contributed by atoms with E-state index in [2.05, 4.69) is 0 Å². The molecule has 0 radical (unpaired) electrons. The van der Waals surface area contributed by atoms with Crippen LogP contribution in [0.2, 0.25) is 0 Å². The first-order chi connectivity index (χ1) is 12.6. The molecular formula is C20H14F4O2. The zero-order valence-electron chi connectivity index (χ0n) is 13.5.